The van der Waals surface area contributed by atoms with E-state index in [0.29, 0.717) is 13.0 Å². The Balaban J connectivity index is 1.56. The molecular formula is C24H26FN5O. The van der Waals surface area contributed by atoms with Crippen molar-refractivity contribution in [2.75, 3.05) is 11.9 Å². The Morgan fingerprint density at radius 1 is 1.06 bits per heavy atom. The summed E-state index contributed by atoms with van der Waals surface area (Å²) >= 11 is 0. The Bertz CT molecular complexity index is 1130. The average molecular weight is 420 g/mol. The Morgan fingerprint density at radius 3 is 2.48 bits per heavy atom. The molecule has 0 unspecified atom stereocenters. The van der Waals surface area contributed by atoms with Gasteiger partial charge in [0.1, 0.15) is 11.5 Å². The topological polar surface area (TPSA) is 78.8 Å². The first kappa shape index (κ1) is 20.8. The number of nitrogens with zero attached hydrogens (tertiary/aromatic N) is 3. The number of aromatic nitrogens is 4. The molecule has 0 aliphatic carbocycles. The molecule has 4 rings (SSSR count). The van der Waals surface area contributed by atoms with E-state index in [-0.39, 0.29) is 18.5 Å². The summed E-state index contributed by atoms with van der Waals surface area (Å²) in [6, 6.07) is 14.6. The molecule has 160 valence electrons. The number of rotatable bonds is 8. The van der Waals surface area contributed by atoms with Gasteiger partial charge in [0.2, 0.25) is 0 Å². The Hall–Kier alpha value is -3.45. The third-order valence-corrected chi connectivity index (χ3v) is 5.16. The molecule has 0 radical (unpaired) electrons. The molecule has 0 atom stereocenters. The number of aliphatic hydroxyl groups excluding tert-OH is 1. The third-order valence-electron chi connectivity index (χ3n) is 5.16. The Kier molecular flexibility index (Phi) is 6.13. The van der Waals surface area contributed by atoms with Gasteiger partial charge >= 0.3 is 0 Å². The third kappa shape index (κ3) is 4.67. The van der Waals surface area contributed by atoms with Crippen molar-refractivity contribution in [1.29, 1.82) is 0 Å². The lowest BCUT2D eigenvalue weighted by atomic mass is 10.1. The number of anilines is 1. The predicted molar refractivity (Wildman–Crippen MR) is 120 cm³/mol. The van der Waals surface area contributed by atoms with Crippen molar-refractivity contribution in [2.45, 2.75) is 32.9 Å². The van der Waals surface area contributed by atoms with Crippen LogP contribution < -0.4 is 5.32 Å². The molecule has 0 amide bonds. The number of nitrogens with one attached hydrogen (secondary N) is 2. The lowest BCUT2D eigenvalue weighted by molar-refractivity contribution is 0.299. The predicted octanol–water partition coefficient (Wildman–Crippen LogP) is 4.81. The summed E-state index contributed by atoms with van der Waals surface area (Å²) in [7, 11) is 0. The van der Waals surface area contributed by atoms with E-state index in [4.69, 9.17) is 5.11 Å². The maximum absolute atomic E-state index is 13.4. The van der Waals surface area contributed by atoms with E-state index in [1.807, 2.05) is 30.5 Å². The quantitative estimate of drug-likeness (QED) is 0.383. The lowest BCUT2D eigenvalue weighted by Crippen LogP contribution is -2.03. The van der Waals surface area contributed by atoms with Crippen molar-refractivity contribution in [1.82, 2.24) is 19.5 Å². The van der Waals surface area contributed by atoms with Gasteiger partial charge in [0, 0.05) is 23.9 Å². The molecule has 2 aromatic carbocycles. The van der Waals surface area contributed by atoms with Gasteiger partial charge in [-0.25, -0.2) is 14.4 Å². The summed E-state index contributed by atoms with van der Waals surface area (Å²) in [5.74, 6) is 0.449. The van der Waals surface area contributed by atoms with Gasteiger partial charge in [-0.2, -0.15) is 0 Å². The zero-order chi connectivity index (χ0) is 21.8. The molecule has 7 heteroatoms. The number of halogens is 1. The van der Waals surface area contributed by atoms with Gasteiger partial charge in [-0.05, 0) is 62.2 Å². The number of aliphatic hydroxyl groups is 1. The molecule has 0 fully saturated rings. The smallest absolute Gasteiger partial charge is 0.156 e. The average Bonchev–Trinajstić information content (AvgIpc) is 3.41. The van der Waals surface area contributed by atoms with E-state index >= 15 is 0 Å². The van der Waals surface area contributed by atoms with Crippen molar-refractivity contribution in [3.05, 3.63) is 78.1 Å². The number of imidazole rings is 2. The minimum Gasteiger partial charge on any atom is -0.396 e. The molecule has 2 aromatic heterocycles. The minimum atomic E-state index is -0.274. The number of H-pyrrole nitrogens is 1. The second-order valence-electron chi connectivity index (χ2n) is 7.73. The fourth-order valence-corrected chi connectivity index (χ4v) is 3.49. The largest absolute Gasteiger partial charge is 0.396 e. The van der Waals surface area contributed by atoms with Crippen LogP contribution in [0.2, 0.25) is 0 Å². The van der Waals surface area contributed by atoms with Crippen molar-refractivity contribution >= 4 is 5.69 Å². The summed E-state index contributed by atoms with van der Waals surface area (Å²) in [5, 5.41) is 12.4. The van der Waals surface area contributed by atoms with Crippen molar-refractivity contribution in [3.63, 3.8) is 0 Å². The number of benzene rings is 2. The molecule has 31 heavy (non-hydrogen) atoms. The standard InChI is InChI=1S/C24H26FN5O/c1-16(2)30-15-28-22(18-5-7-19(25)8-6-18)23(30)24-27-14-21(29-24)13-26-20-9-3-17(4-10-20)11-12-31/h3-10,14-16,26,31H,11-13H2,1-2H3,(H,27,29). The van der Waals surface area contributed by atoms with Crippen LogP contribution in [0.3, 0.4) is 0 Å². The summed E-state index contributed by atoms with van der Waals surface area (Å²) < 4.78 is 15.4. The van der Waals surface area contributed by atoms with Gasteiger partial charge in [-0.1, -0.05) is 12.1 Å². The van der Waals surface area contributed by atoms with Gasteiger partial charge in [0.15, 0.2) is 5.82 Å². The lowest BCUT2D eigenvalue weighted by Gasteiger charge is -2.12. The SMILES string of the molecule is CC(C)n1cnc(-c2ccc(F)cc2)c1-c1ncc(CNc2ccc(CCO)cc2)[nH]1. The first-order valence-electron chi connectivity index (χ1n) is 10.4. The Morgan fingerprint density at radius 2 is 1.81 bits per heavy atom. The fourth-order valence-electron chi connectivity index (χ4n) is 3.49. The van der Waals surface area contributed by atoms with Crippen LogP contribution in [0.25, 0.3) is 22.8 Å². The van der Waals surface area contributed by atoms with Crippen LogP contribution in [0, 0.1) is 5.82 Å². The normalized spacial score (nSPS) is 11.3. The molecule has 3 N–H and O–H groups in total. The monoisotopic (exact) mass is 419 g/mol. The molecule has 0 saturated heterocycles. The maximum atomic E-state index is 13.4. The second kappa shape index (κ2) is 9.14. The second-order valence-corrected chi connectivity index (χ2v) is 7.73. The molecule has 2 heterocycles. The highest BCUT2D eigenvalue weighted by Gasteiger charge is 2.19. The van der Waals surface area contributed by atoms with Crippen LogP contribution in [0.5, 0.6) is 0 Å². The minimum absolute atomic E-state index is 0.149. The first-order chi connectivity index (χ1) is 15.0. The highest BCUT2D eigenvalue weighted by Crippen LogP contribution is 2.31. The van der Waals surface area contributed by atoms with E-state index in [9.17, 15) is 4.39 Å². The van der Waals surface area contributed by atoms with Crippen LogP contribution in [0.1, 0.15) is 31.1 Å². The van der Waals surface area contributed by atoms with Gasteiger partial charge < -0.3 is 20.0 Å². The zero-order valence-corrected chi connectivity index (χ0v) is 17.6. The summed E-state index contributed by atoms with van der Waals surface area (Å²) in [6.45, 7) is 4.92. The molecule has 0 saturated carbocycles. The molecule has 0 spiro atoms. The van der Waals surface area contributed by atoms with Crippen LogP contribution in [-0.4, -0.2) is 31.2 Å². The number of hydrogen-bond acceptors (Lipinski definition) is 4. The van der Waals surface area contributed by atoms with E-state index in [0.717, 1.165) is 39.7 Å². The molecule has 6 nitrogen and oxygen atoms in total. The van der Waals surface area contributed by atoms with Crippen LogP contribution >= 0.6 is 0 Å². The molecule has 0 aliphatic rings. The summed E-state index contributed by atoms with van der Waals surface area (Å²) in [5.41, 5.74) is 5.53. The van der Waals surface area contributed by atoms with E-state index in [1.165, 1.54) is 12.1 Å². The number of aromatic amines is 1. The Labute approximate surface area is 180 Å². The van der Waals surface area contributed by atoms with Crippen molar-refractivity contribution in [3.8, 4) is 22.8 Å². The van der Waals surface area contributed by atoms with Crippen molar-refractivity contribution in [2.24, 2.45) is 0 Å². The highest BCUT2D eigenvalue weighted by molar-refractivity contribution is 5.75. The molecule has 0 bridgehead atoms. The van der Waals surface area contributed by atoms with Crippen molar-refractivity contribution < 1.29 is 9.50 Å². The van der Waals surface area contributed by atoms with Crippen LogP contribution in [0.15, 0.2) is 61.1 Å². The zero-order valence-electron chi connectivity index (χ0n) is 17.6. The van der Waals surface area contributed by atoms with E-state index in [2.05, 4.69) is 38.7 Å². The summed E-state index contributed by atoms with van der Waals surface area (Å²) in [6.07, 6.45) is 4.27. The fraction of sp³-hybridized carbons (Fsp3) is 0.250. The maximum Gasteiger partial charge on any atom is 0.156 e. The van der Waals surface area contributed by atoms with Crippen LogP contribution in [-0.2, 0) is 13.0 Å². The van der Waals surface area contributed by atoms with Gasteiger partial charge in [0.05, 0.1) is 30.5 Å². The van der Waals surface area contributed by atoms with Crippen LogP contribution in [0.4, 0.5) is 10.1 Å². The molecule has 0 aliphatic heterocycles. The van der Waals surface area contributed by atoms with E-state index in [1.54, 1.807) is 18.5 Å². The van der Waals surface area contributed by atoms with Gasteiger partial charge in [-0.3, -0.25) is 0 Å². The first-order valence-corrected chi connectivity index (χ1v) is 10.4. The number of hydrogen-bond donors (Lipinski definition) is 3. The summed E-state index contributed by atoms with van der Waals surface area (Å²) in [4.78, 5) is 12.6. The van der Waals surface area contributed by atoms with Gasteiger partial charge in [-0.15, -0.1) is 0 Å². The van der Waals surface area contributed by atoms with Gasteiger partial charge in [0.25, 0.3) is 0 Å². The molecule has 4 aromatic rings. The van der Waals surface area contributed by atoms with E-state index < -0.39 is 0 Å². The highest BCUT2D eigenvalue weighted by atomic mass is 19.1. The molecular weight excluding hydrogens is 393 g/mol.